The highest BCUT2D eigenvalue weighted by Gasteiger charge is 2.14. The van der Waals surface area contributed by atoms with E-state index in [9.17, 15) is 4.79 Å². The standard InChI is InChI=1S/C10H10N2O3/c1-14-9-6-12-7(3-4-11-12)5-8(9)10(13)15-2/h3-6H,1-2H3. The van der Waals surface area contributed by atoms with Crippen molar-refractivity contribution in [1.82, 2.24) is 9.61 Å². The van der Waals surface area contributed by atoms with E-state index in [0.717, 1.165) is 5.52 Å². The molecule has 0 saturated heterocycles. The lowest BCUT2D eigenvalue weighted by atomic mass is 10.2. The Morgan fingerprint density at radius 1 is 1.47 bits per heavy atom. The van der Waals surface area contributed by atoms with Gasteiger partial charge in [-0.1, -0.05) is 0 Å². The van der Waals surface area contributed by atoms with Crippen LogP contribution in [0.3, 0.4) is 0 Å². The number of ether oxygens (including phenoxy) is 2. The van der Waals surface area contributed by atoms with Crippen LogP contribution in [-0.4, -0.2) is 29.8 Å². The fraction of sp³-hybridized carbons (Fsp3) is 0.200. The fourth-order valence-corrected chi connectivity index (χ4v) is 1.38. The van der Waals surface area contributed by atoms with E-state index >= 15 is 0 Å². The first-order chi connectivity index (χ1) is 7.26. The largest absolute Gasteiger partial charge is 0.494 e. The van der Waals surface area contributed by atoms with Gasteiger partial charge in [-0.05, 0) is 12.1 Å². The lowest BCUT2D eigenvalue weighted by Gasteiger charge is -2.06. The summed E-state index contributed by atoms with van der Waals surface area (Å²) < 4.78 is 11.4. The van der Waals surface area contributed by atoms with Crippen LogP contribution in [0.1, 0.15) is 10.4 Å². The summed E-state index contributed by atoms with van der Waals surface area (Å²) >= 11 is 0. The van der Waals surface area contributed by atoms with Gasteiger partial charge < -0.3 is 9.47 Å². The van der Waals surface area contributed by atoms with Gasteiger partial charge in [-0.3, -0.25) is 0 Å². The molecule has 0 aliphatic rings. The van der Waals surface area contributed by atoms with Crippen LogP contribution in [0.5, 0.6) is 5.75 Å². The number of pyridine rings is 1. The molecule has 5 heteroatoms. The van der Waals surface area contributed by atoms with Gasteiger partial charge in [0.1, 0.15) is 5.56 Å². The number of carbonyl (C=O) groups excluding carboxylic acids is 1. The van der Waals surface area contributed by atoms with E-state index in [1.807, 2.05) is 0 Å². The molecule has 2 heterocycles. The highest BCUT2D eigenvalue weighted by molar-refractivity contribution is 5.93. The average molecular weight is 206 g/mol. The van der Waals surface area contributed by atoms with E-state index in [2.05, 4.69) is 9.84 Å². The molecule has 0 radical (unpaired) electrons. The summed E-state index contributed by atoms with van der Waals surface area (Å²) in [5.74, 6) is 0.0219. The highest BCUT2D eigenvalue weighted by Crippen LogP contribution is 2.20. The molecule has 0 N–H and O–H groups in total. The van der Waals surface area contributed by atoms with Crippen molar-refractivity contribution in [2.75, 3.05) is 14.2 Å². The minimum atomic E-state index is -0.421. The maximum absolute atomic E-state index is 11.4. The molecule has 78 valence electrons. The van der Waals surface area contributed by atoms with E-state index in [1.165, 1.54) is 14.2 Å². The molecule has 2 aromatic heterocycles. The Bertz CT molecular complexity index is 504. The molecule has 0 spiro atoms. The maximum atomic E-state index is 11.4. The molecule has 2 aromatic rings. The predicted molar refractivity (Wildman–Crippen MR) is 53.1 cm³/mol. The second-order valence-corrected chi connectivity index (χ2v) is 2.95. The molecule has 2 rings (SSSR count). The number of nitrogens with zero attached hydrogens (tertiary/aromatic N) is 2. The van der Waals surface area contributed by atoms with Crippen LogP contribution >= 0.6 is 0 Å². The summed E-state index contributed by atoms with van der Waals surface area (Å²) in [4.78, 5) is 11.4. The van der Waals surface area contributed by atoms with Crippen molar-refractivity contribution in [3.05, 3.63) is 30.1 Å². The summed E-state index contributed by atoms with van der Waals surface area (Å²) in [5, 5.41) is 4.04. The molecule has 0 aliphatic heterocycles. The number of carbonyl (C=O) groups is 1. The first kappa shape index (κ1) is 9.51. The minimum absolute atomic E-state index is 0.396. The van der Waals surface area contributed by atoms with Crippen LogP contribution in [0.15, 0.2) is 24.5 Å². The molecule has 0 atom stereocenters. The SMILES string of the molecule is COC(=O)c1cc2ccnn2cc1OC. The van der Waals surface area contributed by atoms with E-state index in [-0.39, 0.29) is 0 Å². The van der Waals surface area contributed by atoms with Gasteiger partial charge in [0.2, 0.25) is 0 Å². The normalized spacial score (nSPS) is 10.3. The first-order valence-corrected chi connectivity index (χ1v) is 4.36. The molecule has 0 aliphatic carbocycles. The average Bonchev–Trinajstić information content (AvgIpc) is 2.73. The molecule has 0 amide bonds. The minimum Gasteiger partial charge on any atom is -0.494 e. The Balaban J connectivity index is 2.64. The Kier molecular flexibility index (Phi) is 2.29. The van der Waals surface area contributed by atoms with Crippen molar-refractivity contribution in [3.63, 3.8) is 0 Å². The molecule has 0 aromatic carbocycles. The van der Waals surface area contributed by atoms with Gasteiger partial charge >= 0.3 is 5.97 Å². The second-order valence-electron chi connectivity index (χ2n) is 2.95. The lowest BCUT2D eigenvalue weighted by Crippen LogP contribution is -2.05. The smallest absolute Gasteiger partial charge is 0.341 e. The van der Waals surface area contributed by atoms with Gasteiger partial charge in [-0.2, -0.15) is 5.10 Å². The van der Waals surface area contributed by atoms with Crippen molar-refractivity contribution in [1.29, 1.82) is 0 Å². The van der Waals surface area contributed by atoms with Crippen molar-refractivity contribution < 1.29 is 14.3 Å². The van der Waals surface area contributed by atoms with Crippen molar-refractivity contribution >= 4 is 11.5 Å². The third-order valence-electron chi connectivity index (χ3n) is 2.12. The molecular weight excluding hydrogens is 196 g/mol. The molecule has 0 saturated carbocycles. The van der Waals surface area contributed by atoms with Crippen molar-refractivity contribution in [2.24, 2.45) is 0 Å². The van der Waals surface area contributed by atoms with Crippen LogP contribution in [0.25, 0.3) is 5.52 Å². The van der Waals surface area contributed by atoms with E-state index in [0.29, 0.717) is 11.3 Å². The molecule has 0 unspecified atom stereocenters. The highest BCUT2D eigenvalue weighted by atomic mass is 16.5. The first-order valence-electron chi connectivity index (χ1n) is 4.36. The number of methoxy groups -OCH3 is 2. The van der Waals surface area contributed by atoms with Crippen molar-refractivity contribution in [3.8, 4) is 5.75 Å². The van der Waals surface area contributed by atoms with Crippen LogP contribution < -0.4 is 4.74 Å². The van der Waals surface area contributed by atoms with E-state index in [4.69, 9.17) is 4.74 Å². The molecular formula is C10H10N2O3. The third-order valence-corrected chi connectivity index (χ3v) is 2.12. The molecule has 0 bridgehead atoms. The van der Waals surface area contributed by atoms with Gasteiger partial charge in [0.25, 0.3) is 0 Å². The summed E-state index contributed by atoms with van der Waals surface area (Å²) in [5.41, 5.74) is 1.21. The maximum Gasteiger partial charge on any atom is 0.341 e. The number of hydrogen-bond acceptors (Lipinski definition) is 4. The van der Waals surface area contributed by atoms with Crippen LogP contribution in [-0.2, 0) is 4.74 Å². The summed E-state index contributed by atoms with van der Waals surface area (Å²) in [6, 6.07) is 3.48. The lowest BCUT2D eigenvalue weighted by molar-refractivity contribution is 0.0597. The number of rotatable bonds is 2. The van der Waals surface area contributed by atoms with Gasteiger partial charge in [0.05, 0.1) is 25.9 Å². The number of hydrogen-bond donors (Lipinski definition) is 0. The third kappa shape index (κ3) is 1.52. The zero-order valence-electron chi connectivity index (χ0n) is 8.43. The number of aromatic nitrogens is 2. The van der Waals surface area contributed by atoms with Gasteiger partial charge in [0, 0.05) is 6.20 Å². The fourth-order valence-electron chi connectivity index (χ4n) is 1.38. The van der Waals surface area contributed by atoms with Crippen LogP contribution in [0.4, 0.5) is 0 Å². The zero-order valence-corrected chi connectivity index (χ0v) is 8.43. The quantitative estimate of drug-likeness (QED) is 0.691. The van der Waals surface area contributed by atoms with Gasteiger partial charge in [0.15, 0.2) is 5.75 Å². The molecule has 0 fully saturated rings. The topological polar surface area (TPSA) is 52.8 Å². The number of fused-ring (bicyclic) bond motifs is 1. The number of esters is 1. The van der Waals surface area contributed by atoms with Crippen LogP contribution in [0, 0.1) is 0 Å². The molecule has 15 heavy (non-hydrogen) atoms. The zero-order chi connectivity index (χ0) is 10.8. The Labute approximate surface area is 86.2 Å². The molecule has 5 nitrogen and oxygen atoms in total. The summed E-state index contributed by atoms with van der Waals surface area (Å²) in [6.45, 7) is 0. The monoisotopic (exact) mass is 206 g/mol. The summed E-state index contributed by atoms with van der Waals surface area (Å²) in [7, 11) is 2.83. The van der Waals surface area contributed by atoms with E-state index in [1.54, 1.807) is 29.0 Å². The Morgan fingerprint density at radius 3 is 2.93 bits per heavy atom. The van der Waals surface area contributed by atoms with Crippen molar-refractivity contribution in [2.45, 2.75) is 0 Å². The Hall–Kier alpha value is -2.04. The van der Waals surface area contributed by atoms with Gasteiger partial charge in [-0.15, -0.1) is 0 Å². The van der Waals surface area contributed by atoms with Gasteiger partial charge in [-0.25, -0.2) is 9.31 Å². The summed E-state index contributed by atoms with van der Waals surface area (Å²) in [6.07, 6.45) is 3.29. The second kappa shape index (κ2) is 3.61. The van der Waals surface area contributed by atoms with Crippen LogP contribution in [0.2, 0.25) is 0 Å². The Morgan fingerprint density at radius 2 is 2.27 bits per heavy atom. The van der Waals surface area contributed by atoms with E-state index < -0.39 is 5.97 Å². The predicted octanol–water partition coefficient (Wildman–Crippen LogP) is 1.13.